The van der Waals surface area contributed by atoms with Gasteiger partial charge in [0.1, 0.15) is 0 Å². The first-order chi connectivity index (χ1) is 15.5. The van der Waals surface area contributed by atoms with E-state index in [0.717, 1.165) is 29.1 Å². The van der Waals surface area contributed by atoms with Gasteiger partial charge in [0.05, 0.1) is 11.4 Å². The molecule has 4 rings (SSSR count). The third-order valence-electron chi connectivity index (χ3n) is 4.84. The average Bonchev–Trinajstić information content (AvgIpc) is 3.39. The number of aromatic nitrogens is 4. The maximum Gasteiger partial charge on any atom is 0.236 e. The van der Waals surface area contributed by atoms with Crippen molar-refractivity contribution in [2.45, 2.75) is 25.4 Å². The van der Waals surface area contributed by atoms with Gasteiger partial charge in [-0.3, -0.25) is 4.79 Å². The number of benzene rings is 2. The van der Waals surface area contributed by atoms with Crippen molar-refractivity contribution >= 4 is 34.1 Å². The van der Waals surface area contributed by atoms with Crippen LogP contribution in [0.15, 0.2) is 65.1 Å². The number of amides is 1. The van der Waals surface area contributed by atoms with Gasteiger partial charge in [-0.1, -0.05) is 80.2 Å². The zero-order chi connectivity index (χ0) is 22.5. The second kappa shape index (κ2) is 10.1. The first-order valence-electron chi connectivity index (χ1n) is 10.4. The molecule has 0 saturated carbocycles. The van der Waals surface area contributed by atoms with Gasteiger partial charge in [0.25, 0.3) is 0 Å². The Labute approximate surface area is 196 Å². The lowest BCUT2D eigenvalue weighted by Gasteiger charge is -2.05. The molecule has 2 heterocycles. The number of hydrogen-bond acceptors (Lipinski definition) is 6. The van der Waals surface area contributed by atoms with E-state index in [1.165, 1.54) is 28.7 Å². The monoisotopic (exact) mass is 463 g/mol. The molecule has 2 aromatic carbocycles. The molecule has 0 unspecified atom stereocenters. The lowest BCUT2D eigenvalue weighted by atomic mass is 10.0. The topological polar surface area (TPSA) is 72.7 Å². The summed E-state index contributed by atoms with van der Waals surface area (Å²) < 4.78 is 1.90. The van der Waals surface area contributed by atoms with Crippen molar-refractivity contribution in [2.75, 3.05) is 11.1 Å². The summed E-state index contributed by atoms with van der Waals surface area (Å²) in [4.78, 5) is 17.0. The van der Waals surface area contributed by atoms with E-state index < -0.39 is 0 Å². The molecule has 0 bridgehead atoms. The quantitative estimate of drug-likeness (QED) is 0.348. The zero-order valence-corrected chi connectivity index (χ0v) is 19.9. The van der Waals surface area contributed by atoms with Crippen molar-refractivity contribution in [3.8, 4) is 22.6 Å². The molecule has 0 aliphatic heterocycles. The van der Waals surface area contributed by atoms with Gasteiger partial charge in [0.2, 0.25) is 5.91 Å². The van der Waals surface area contributed by atoms with Crippen LogP contribution < -0.4 is 5.32 Å². The lowest BCUT2D eigenvalue weighted by Crippen LogP contribution is -2.14. The Bertz CT molecular complexity index is 1180. The molecule has 2 aromatic heterocycles. The fraction of sp³-hybridized carbons (Fsp3) is 0.250. The first kappa shape index (κ1) is 22.2. The Hall–Kier alpha value is -2.97. The summed E-state index contributed by atoms with van der Waals surface area (Å²) >= 11 is 2.78. The second-order valence-electron chi connectivity index (χ2n) is 7.90. The summed E-state index contributed by atoms with van der Waals surface area (Å²) in [5.74, 6) is 1.52. The van der Waals surface area contributed by atoms with Crippen LogP contribution in [0.1, 0.15) is 19.4 Å². The molecule has 0 radical (unpaired) electrons. The number of carbonyl (C=O) groups is 1. The molecular formula is C24H25N5OS2. The molecule has 1 amide bonds. The standard InChI is InChI=1S/C24H25N5OS2/c1-16(2)13-17-9-11-18(12-10-17)20-14-31-23(25-20)26-21(30)15-32-24-28-27-22(29(24)3)19-7-5-4-6-8-19/h4-12,14,16H,13,15H2,1-3H3,(H,25,26,30). The fourth-order valence-electron chi connectivity index (χ4n) is 3.31. The molecule has 0 fully saturated rings. The highest BCUT2D eigenvalue weighted by molar-refractivity contribution is 7.99. The summed E-state index contributed by atoms with van der Waals surface area (Å²) in [7, 11) is 1.90. The van der Waals surface area contributed by atoms with Crippen LogP contribution in [0, 0.1) is 5.92 Å². The highest BCUT2D eigenvalue weighted by Crippen LogP contribution is 2.26. The molecule has 1 N–H and O–H groups in total. The SMILES string of the molecule is CC(C)Cc1ccc(-c2csc(NC(=O)CSc3nnc(-c4ccccc4)n3C)n2)cc1. The number of hydrogen-bond donors (Lipinski definition) is 1. The number of thioether (sulfide) groups is 1. The zero-order valence-electron chi connectivity index (χ0n) is 18.3. The smallest absolute Gasteiger partial charge is 0.236 e. The number of nitrogens with one attached hydrogen (secondary N) is 1. The number of carbonyl (C=O) groups excluding carboxylic acids is 1. The van der Waals surface area contributed by atoms with E-state index in [4.69, 9.17) is 0 Å². The molecule has 0 aliphatic rings. The van der Waals surface area contributed by atoms with Crippen LogP contribution in [0.4, 0.5) is 5.13 Å². The average molecular weight is 464 g/mol. The lowest BCUT2D eigenvalue weighted by molar-refractivity contribution is -0.113. The van der Waals surface area contributed by atoms with Crippen molar-refractivity contribution in [3.63, 3.8) is 0 Å². The minimum atomic E-state index is -0.118. The first-order valence-corrected chi connectivity index (χ1v) is 12.3. The fourth-order valence-corrected chi connectivity index (χ4v) is 4.76. The predicted octanol–water partition coefficient (Wildman–Crippen LogP) is 5.53. The molecule has 0 atom stereocenters. The molecular weight excluding hydrogens is 438 g/mol. The van der Waals surface area contributed by atoms with Gasteiger partial charge in [-0.2, -0.15) is 0 Å². The van der Waals surface area contributed by atoms with Crippen LogP contribution in [0.25, 0.3) is 22.6 Å². The van der Waals surface area contributed by atoms with E-state index in [0.29, 0.717) is 16.2 Å². The summed E-state index contributed by atoms with van der Waals surface area (Å²) in [6.45, 7) is 4.43. The highest BCUT2D eigenvalue weighted by Gasteiger charge is 2.14. The number of nitrogens with zero attached hydrogens (tertiary/aromatic N) is 4. The van der Waals surface area contributed by atoms with E-state index in [-0.39, 0.29) is 11.7 Å². The van der Waals surface area contributed by atoms with Gasteiger partial charge >= 0.3 is 0 Å². The molecule has 0 saturated heterocycles. The molecule has 164 valence electrons. The maximum absolute atomic E-state index is 12.4. The Morgan fingerprint density at radius 1 is 1.06 bits per heavy atom. The van der Waals surface area contributed by atoms with E-state index in [9.17, 15) is 4.79 Å². The third-order valence-corrected chi connectivity index (χ3v) is 6.62. The number of rotatable bonds is 8. The van der Waals surface area contributed by atoms with Crippen molar-refractivity contribution in [2.24, 2.45) is 13.0 Å². The van der Waals surface area contributed by atoms with Gasteiger partial charge in [-0.05, 0) is 17.9 Å². The summed E-state index contributed by atoms with van der Waals surface area (Å²) in [6, 6.07) is 18.3. The number of anilines is 1. The van der Waals surface area contributed by atoms with Gasteiger partial charge in [0.15, 0.2) is 16.1 Å². The normalized spacial score (nSPS) is 11.1. The number of thiazole rings is 1. The third kappa shape index (κ3) is 5.44. The summed E-state index contributed by atoms with van der Waals surface area (Å²) in [5.41, 5.74) is 4.24. The van der Waals surface area contributed by atoms with Crippen molar-refractivity contribution in [3.05, 3.63) is 65.5 Å². The van der Waals surface area contributed by atoms with E-state index in [1.54, 1.807) is 0 Å². The van der Waals surface area contributed by atoms with Crippen LogP contribution in [0.2, 0.25) is 0 Å². The predicted molar refractivity (Wildman–Crippen MR) is 132 cm³/mol. The van der Waals surface area contributed by atoms with Crippen LogP contribution in [-0.2, 0) is 18.3 Å². The van der Waals surface area contributed by atoms with Crippen molar-refractivity contribution in [1.29, 1.82) is 0 Å². The molecule has 6 nitrogen and oxygen atoms in total. The minimum Gasteiger partial charge on any atom is -0.305 e. The Kier molecular flexibility index (Phi) is 7.02. The maximum atomic E-state index is 12.4. The Morgan fingerprint density at radius 2 is 1.81 bits per heavy atom. The van der Waals surface area contributed by atoms with E-state index >= 15 is 0 Å². The van der Waals surface area contributed by atoms with E-state index in [2.05, 4.69) is 58.6 Å². The molecule has 32 heavy (non-hydrogen) atoms. The molecule has 8 heteroatoms. The Balaban J connectivity index is 1.34. The molecule has 4 aromatic rings. The second-order valence-corrected chi connectivity index (χ2v) is 9.70. The van der Waals surface area contributed by atoms with Crippen LogP contribution in [-0.4, -0.2) is 31.4 Å². The summed E-state index contributed by atoms with van der Waals surface area (Å²) in [6.07, 6.45) is 1.06. The van der Waals surface area contributed by atoms with Crippen LogP contribution in [0.3, 0.4) is 0 Å². The minimum absolute atomic E-state index is 0.118. The van der Waals surface area contributed by atoms with Crippen molar-refractivity contribution in [1.82, 2.24) is 19.7 Å². The van der Waals surface area contributed by atoms with Crippen LogP contribution >= 0.6 is 23.1 Å². The largest absolute Gasteiger partial charge is 0.305 e. The van der Waals surface area contributed by atoms with Crippen LogP contribution in [0.5, 0.6) is 0 Å². The van der Waals surface area contributed by atoms with Gasteiger partial charge in [-0.15, -0.1) is 21.5 Å². The molecule has 0 spiro atoms. The molecule has 0 aliphatic carbocycles. The van der Waals surface area contributed by atoms with E-state index in [1.807, 2.05) is 47.3 Å². The van der Waals surface area contributed by atoms with Gasteiger partial charge in [0, 0.05) is 23.6 Å². The Morgan fingerprint density at radius 3 is 2.53 bits per heavy atom. The summed E-state index contributed by atoms with van der Waals surface area (Å²) in [5, 5.41) is 14.6. The van der Waals surface area contributed by atoms with Gasteiger partial charge in [-0.25, -0.2) is 4.98 Å². The highest BCUT2D eigenvalue weighted by atomic mass is 32.2. The van der Waals surface area contributed by atoms with Crippen molar-refractivity contribution < 1.29 is 4.79 Å². The van der Waals surface area contributed by atoms with Gasteiger partial charge < -0.3 is 9.88 Å².